The van der Waals surface area contributed by atoms with Gasteiger partial charge in [0.1, 0.15) is 11.3 Å². The Balaban J connectivity index is 1.55. The zero-order valence-corrected chi connectivity index (χ0v) is 16.4. The number of aryl methyl sites for hydroxylation is 2. The Kier molecular flexibility index (Phi) is 4.19. The van der Waals surface area contributed by atoms with Gasteiger partial charge in [-0.1, -0.05) is 24.0 Å². The molecule has 30 heavy (non-hydrogen) atoms. The van der Waals surface area contributed by atoms with Crippen LogP contribution in [0.3, 0.4) is 0 Å². The van der Waals surface area contributed by atoms with Crippen LogP contribution in [0.4, 0.5) is 5.82 Å². The normalized spacial score (nSPS) is 17.4. The van der Waals surface area contributed by atoms with Crippen molar-refractivity contribution in [1.82, 2.24) is 19.9 Å². The highest BCUT2D eigenvalue weighted by Gasteiger charge is 2.36. The van der Waals surface area contributed by atoms with Gasteiger partial charge in [0.25, 0.3) is 0 Å². The van der Waals surface area contributed by atoms with Crippen molar-refractivity contribution in [2.24, 2.45) is 0 Å². The topological polar surface area (TPSA) is 97.8 Å². The molecule has 0 radical (unpaired) electrons. The van der Waals surface area contributed by atoms with Gasteiger partial charge in [-0.25, -0.2) is 15.0 Å². The van der Waals surface area contributed by atoms with Crippen molar-refractivity contribution in [2.45, 2.75) is 25.4 Å². The Labute approximate surface area is 173 Å². The number of fused-ring (bicyclic) bond motifs is 2. The summed E-state index contributed by atoms with van der Waals surface area (Å²) >= 11 is 0. The van der Waals surface area contributed by atoms with Gasteiger partial charge in [-0.3, -0.25) is 4.98 Å². The van der Waals surface area contributed by atoms with Gasteiger partial charge in [-0.15, -0.1) is 0 Å². The summed E-state index contributed by atoms with van der Waals surface area (Å²) in [6.07, 6.45) is 6.40. The molecule has 1 unspecified atom stereocenters. The molecule has 3 heterocycles. The molecule has 6 heteroatoms. The van der Waals surface area contributed by atoms with E-state index in [0.29, 0.717) is 29.3 Å². The monoisotopic (exact) mass is 393 g/mol. The van der Waals surface area contributed by atoms with Crippen molar-refractivity contribution >= 4 is 16.7 Å². The minimum Gasteiger partial charge on any atom is -0.382 e. The molecular formula is C24H19N5O. The van der Waals surface area contributed by atoms with Crippen molar-refractivity contribution in [1.29, 1.82) is 0 Å². The number of pyridine rings is 2. The summed E-state index contributed by atoms with van der Waals surface area (Å²) in [7, 11) is 0. The van der Waals surface area contributed by atoms with Gasteiger partial charge in [0, 0.05) is 35.1 Å². The van der Waals surface area contributed by atoms with E-state index in [4.69, 9.17) is 5.73 Å². The number of hydrogen-bond donors (Lipinski definition) is 2. The number of aliphatic hydroxyl groups is 1. The van der Waals surface area contributed by atoms with Gasteiger partial charge in [-0.2, -0.15) is 0 Å². The number of nitrogens with zero attached hydrogens (tertiary/aromatic N) is 4. The minimum absolute atomic E-state index is 0.374. The Hall–Kier alpha value is -3.82. The third-order valence-corrected chi connectivity index (χ3v) is 5.46. The lowest BCUT2D eigenvalue weighted by Crippen LogP contribution is -2.20. The van der Waals surface area contributed by atoms with Crippen LogP contribution in [0.25, 0.3) is 22.3 Å². The number of nitrogens with two attached hydrogens (primary N) is 1. The summed E-state index contributed by atoms with van der Waals surface area (Å²) in [5, 5.41) is 11.9. The first-order valence-corrected chi connectivity index (χ1v) is 9.72. The van der Waals surface area contributed by atoms with Crippen LogP contribution in [0.1, 0.15) is 28.8 Å². The summed E-state index contributed by atoms with van der Waals surface area (Å²) in [5.74, 6) is 7.10. The largest absolute Gasteiger partial charge is 0.382 e. The van der Waals surface area contributed by atoms with Gasteiger partial charge in [0.05, 0.1) is 5.69 Å². The van der Waals surface area contributed by atoms with Crippen molar-refractivity contribution < 1.29 is 5.11 Å². The van der Waals surface area contributed by atoms with E-state index in [1.807, 2.05) is 43.3 Å². The smallest absolute Gasteiger partial charge is 0.168 e. The van der Waals surface area contributed by atoms with Crippen molar-refractivity contribution in [3.05, 3.63) is 77.4 Å². The molecule has 3 aromatic heterocycles. The SMILES string of the molecule is Cc1ccc(C#CC2(O)CCc3cccnc32)cc1-c1ncc2ccnc(N)c2n1. The highest BCUT2D eigenvalue weighted by Crippen LogP contribution is 2.34. The van der Waals surface area contributed by atoms with E-state index in [1.165, 1.54) is 0 Å². The van der Waals surface area contributed by atoms with E-state index < -0.39 is 5.60 Å². The molecule has 1 atom stereocenters. The van der Waals surface area contributed by atoms with E-state index in [9.17, 15) is 5.11 Å². The van der Waals surface area contributed by atoms with Gasteiger partial charge < -0.3 is 10.8 Å². The van der Waals surface area contributed by atoms with Crippen LogP contribution in [0.2, 0.25) is 0 Å². The standard InChI is InChI=1S/C24H19N5O/c1-15-4-5-16(6-9-24(30)10-7-17-3-2-11-26-21(17)24)13-19(15)23-28-14-18-8-12-27-22(25)20(18)29-23/h2-5,8,11-14,30H,7,10H2,1H3,(H2,25,27). The summed E-state index contributed by atoms with van der Waals surface area (Å²) in [6.45, 7) is 2.00. The van der Waals surface area contributed by atoms with E-state index in [0.717, 1.165) is 34.1 Å². The Bertz CT molecular complexity index is 1350. The summed E-state index contributed by atoms with van der Waals surface area (Å²) < 4.78 is 0. The second-order valence-corrected chi connectivity index (χ2v) is 7.48. The van der Waals surface area contributed by atoms with E-state index in [2.05, 4.69) is 31.8 Å². The van der Waals surface area contributed by atoms with Crippen molar-refractivity contribution in [3.63, 3.8) is 0 Å². The molecule has 0 amide bonds. The van der Waals surface area contributed by atoms with Crippen LogP contribution >= 0.6 is 0 Å². The average molecular weight is 393 g/mol. The van der Waals surface area contributed by atoms with Gasteiger partial charge in [0.2, 0.25) is 0 Å². The first kappa shape index (κ1) is 18.2. The lowest BCUT2D eigenvalue weighted by molar-refractivity contribution is 0.0982. The maximum absolute atomic E-state index is 11.0. The molecule has 1 aliphatic rings. The molecule has 0 saturated carbocycles. The molecular weight excluding hydrogens is 374 g/mol. The molecule has 0 fully saturated rings. The molecule has 0 spiro atoms. The van der Waals surface area contributed by atoms with Crippen LogP contribution in [0.5, 0.6) is 0 Å². The lowest BCUT2D eigenvalue weighted by Gasteiger charge is -2.15. The summed E-state index contributed by atoms with van der Waals surface area (Å²) in [4.78, 5) is 17.6. The predicted molar refractivity (Wildman–Crippen MR) is 115 cm³/mol. The van der Waals surface area contributed by atoms with E-state index in [-0.39, 0.29) is 0 Å². The molecule has 146 valence electrons. The van der Waals surface area contributed by atoms with Crippen molar-refractivity contribution in [3.8, 4) is 23.2 Å². The fraction of sp³-hybridized carbons (Fsp3) is 0.167. The van der Waals surface area contributed by atoms with E-state index >= 15 is 0 Å². The van der Waals surface area contributed by atoms with Gasteiger partial charge in [-0.05, 0) is 55.2 Å². The number of nitrogen functional groups attached to an aromatic ring is 1. The second kappa shape index (κ2) is 6.90. The maximum Gasteiger partial charge on any atom is 0.168 e. The summed E-state index contributed by atoms with van der Waals surface area (Å²) in [6, 6.07) is 11.6. The number of benzene rings is 1. The second-order valence-electron chi connectivity index (χ2n) is 7.48. The molecule has 3 N–H and O–H groups in total. The number of rotatable bonds is 1. The van der Waals surface area contributed by atoms with Crippen LogP contribution in [-0.2, 0) is 12.0 Å². The van der Waals surface area contributed by atoms with Gasteiger partial charge >= 0.3 is 0 Å². The van der Waals surface area contributed by atoms with Crippen LogP contribution in [0.15, 0.2) is 55.0 Å². The lowest BCUT2D eigenvalue weighted by atomic mass is 10.00. The average Bonchev–Trinajstić information content (AvgIpc) is 3.11. The molecule has 0 bridgehead atoms. The Morgan fingerprint density at radius 3 is 2.90 bits per heavy atom. The third-order valence-electron chi connectivity index (χ3n) is 5.46. The quantitative estimate of drug-likeness (QED) is 0.482. The minimum atomic E-state index is -1.22. The molecule has 1 aliphatic carbocycles. The zero-order chi connectivity index (χ0) is 20.7. The maximum atomic E-state index is 11.0. The van der Waals surface area contributed by atoms with E-state index in [1.54, 1.807) is 18.6 Å². The van der Waals surface area contributed by atoms with Crippen molar-refractivity contribution in [2.75, 3.05) is 5.73 Å². The van der Waals surface area contributed by atoms with Crippen LogP contribution in [0, 0.1) is 18.8 Å². The molecule has 0 saturated heterocycles. The first-order valence-electron chi connectivity index (χ1n) is 9.72. The Morgan fingerprint density at radius 2 is 2.00 bits per heavy atom. The highest BCUT2D eigenvalue weighted by molar-refractivity contribution is 5.87. The highest BCUT2D eigenvalue weighted by atomic mass is 16.3. The molecule has 0 aliphatic heterocycles. The van der Waals surface area contributed by atoms with Crippen LogP contribution < -0.4 is 5.73 Å². The fourth-order valence-corrected chi connectivity index (χ4v) is 3.79. The predicted octanol–water partition coefficient (Wildman–Crippen LogP) is 3.16. The first-order chi connectivity index (χ1) is 14.5. The van der Waals surface area contributed by atoms with Gasteiger partial charge in [0.15, 0.2) is 11.4 Å². The molecule has 4 aromatic rings. The zero-order valence-electron chi connectivity index (χ0n) is 16.4. The number of aromatic nitrogens is 4. The number of anilines is 1. The molecule has 5 rings (SSSR count). The number of hydrogen-bond acceptors (Lipinski definition) is 6. The molecule has 1 aromatic carbocycles. The third kappa shape index (κ3) is 3.06. The van der Waals surface area contributed by atoms with Crippen LogP contribution in [-0.4, -0.2) is 25.0 Å². The molecule has 6 nitrogen and oxygen atoms in total. The fourth-order valence-electron chi connectivity index (χ4n) is 3.79. The Morgan fingerprint density at radius 1 is 1.10 bits per heavy atom. The summed E-state index contributed by atoms with van der Waals surface area (Å²) in [5.41, 5.74) is 9.76.